The van der Waals surface area contributed by atoms with Crippen molar-refractivity contribution in [3.8, 4) is 0 Å². The Morgan fingerprint density at radius 3 is 2.67 bits per heavy atom. The van der Waals surface area contributed by atoms with Crippen molar-refractivity contribution in [3.63, 3.8) is 0 Å². The minimum absolute atomic E-state index is 0.181. The fourth-order valence-electron chi connectivity index (χ4n) is 2.25. The molecule has 0 radical (unpaired) electrons. The van der Waals surface area contributed by atoms with E-state index in [-0.39, 0.29) is 17.9 Å². The highest BCUT2D eigenvalue weighted by molar-refractivity contribution is 5.91. The van der Waals surface area contributed by atoms with Crippen LogP contribution in [0.1, 0.15) is 33.6 Å². The molecule has 0 unspecified atom stereocenters. The van der Waals surface area contributed by atoms with Gasteiger partial charge in [-0.2, -0.15) is 0 Å². The number of hydrogen-bond donors (Lipinski definition) is 0. The van der Waals surface area contributed by atoms with Gasteiger partial charge >= 0.3 is 6.09 Å². The summed E-state index contributed by atoms with van der Waals surface area (Å²) in [5.41, 5.74) is -0.482. The van der Waals surface area contributed by atoms with Crippen molar-refractivity contribution >= 4 is 11.9 Å². The lowest BCUT2D eigenvalue weighted by Gasteiger charge is -2.43. The number of nitrogens with zero attached hydrogens (tertiary/aromatic N) is 1. The molecule has 2 fully saturated rings. The molecule has 1 heterocycles. The van der Waals surface area contributed by atoms with Gasteiger partial charge in [0.2, 0.25) is 0 Å². The van der Waals surface area contributed by atoms with E-state index in [2.05, 4.69) is 0 Å². The van der Waals surface area contributed by atoms with E-state index >= 15 is 0 Å². The van der Waals surface area contributed by atoms with E-state index < -0.39 is 5.60 Å². The fourth-order valence-corrected chi connectivity index (χ4v) is 2.25. The van der Waals surface area contributed by atoms with Gasteiger partial charge < -0.3 is 4.74 Å². The first-order chi connectivity index (χ1) is 6.88. The third-order valence-electron chi connectivity index (χ3n) is 2.93. The molecule has 1 aliphatic heterocycles. The van der Waals surface area contributed by atoms with Gasteiger partial charge in [-0.3, -0.25) is 9.69 Å². The number of ketones is 1. The number of rotatable bonds is 0. The van der Waals surface area contributed by atoms with Crippen LogP contribution in [0.15, 0.2) is 0 Å². The van der Waals surface area contributed by atoms with Crippen molar-refractivity contribution in [3.05, 3.63) is 0 Å². The van der Waals surface area contributed by atoms with Gasteiger partial charge in [0.15, 0.2) is 5.78 Å². The van der Waals surface area contributed by atoms with E-state index in [9.17, 15) is 9.59 Å². The second-order valence-corrected chi connectivity index (χ2v) is 5.34. The van der Waals surface area contributed by atoms with Crippen LogP contribution >= 0.6 is 0 Å². The molecular formula is C11H17NO3. The number of Topliss-reactive ketones (excluding diaryl/α,β-unsaturated/α-hetero) is 1. The Hall–Kier alpha value is -1.06. The molecule has 1 amide bonds. The minimum Gasteiger partial charge on any atom is -0.444 e. The second-order valence-electron chi connectivity index (χ2n) is 5.34. The topological polar surface area (TPSA) is 46.6 Å². The van der Waals surface area contributed by atoms with Crippen molar-refractivity contribution in [2.75, 3.05) is 6.54 Å². The molecule has 1 aliphatic carbocycles. The predicted molar refractivity (Wildman–Crippen MR) is 54.5 cm³/mol. The Kier molecular flexibility index (Phi) is 2.24. The molecule has 4 nitrogen and oxygen atoms in total. The van der Waals surface area contributed by atoms with Crippen LogP contribution < -0.4 is 0 Å². The fraction of sp³-hybridized carbons (Fsp3) is 0.818. The zero-order chi connectivity index (χ0) is 11.2. The summed E-state index contributed by atoms with van der Waals surface area (Å²) in [6.07, 6.45) is 1.20. The molecule has 0 aromatic heterocycles. The average molecular weight is 211 g/mol. The maximum atomic E-state index is 11.7. The zero-order valence-electron chi connectivity index (χ0n) is 9.45. The molecule has 1 saturated heterocycles. The maximum absolute atomic E-state index is 11.7. The van der Waals surface area contributed by atoms with Crippen LogP contribution in [0.5, 0.6) is 0 Å². The standard InChI is InChI=1S/C11H17NO3/c1-11(2,3)15-10(14)12-6-7-4-5-8(13)9(7)12/h7,9H,4-6H2,1-3H3/t7-,9+/m0/s1. The van der Waals surface area contributed by atoms with E-state index in [1.165, 1.54) is 0 Å². The molecule has 0 spiro atoms. The lowest BCUT2D eigenvalue weighted by atomic mass is 9.92. The maximum Gasteiger partial charge on any atom is 0.410 e. The first-order valence-electron chi connectivity index (χ1n) is 5.41. The van der Waals surface area contributed by atoms with Crippen molar-refractivity contribution in [2.24, 2.45) is 5.92 Å². The molecule has 0 N–H and O–H groups in total. The van der Waals surface area contributed by atoms with Gasteiger partial charge in [-0.15, -0.1) is 0 Å². The van der Waals surface area contributed by atoms with Crippen molar-refractivity contribution in [2.45, 2.75) is 45.3 Å². The molecule has 0 aromatic carbocycles. The molecule has 1 saturated carbocycles. The lowest BCUT2D eigenvalue weighted by molar-refractivity contribution is -0.126. The molecule has 4 heteroatoms. The van der Waals surface area contributed by atoms with E-state index in [1.54, 1.807) is 4.90 Å². The normalized spacial score (nSPS) is 29.8. The van der Waals surface area contributed by atoms with Gasteiger partial charge in [-0.05, 0) is 27.2 Å². The SMILES string of the molecule is CC(C)(C)OC(=O)N1C[C@@H]2CCC(=O)[C@@H]21. The first kappa shape index (κ1) is 10.5. The van der Waals surface area contributed by atoms with Crippen LogP contribution in [-0.2, 0) is 9.53 Å². The van der Waals surface area contributed by atoms with Gasteiger partial charge in [0, 0.05) is 18.9 Å². The molecule has 2 aliphatic rings. The lowest BCUT2D eigenvalue weighted by Crippen LogP contribution is -2.59. The number of carbonyl (C=O) groups excluding carboxylic acids is 2. The van der Waals surface area contributed by atoms with Gasteiger partial charge in [-0.25, -0.2) is 4.79 Å². The van der Waals surface area contributed by atoms with Crippen LogP contribution in [-0.4, -0.2) is 35.0 Å². The number of likely N-dealkylation sites (tertiary alicyclic amines) is 1. The summed E-state index contributed by atoms with van der Waals surface area (Å²) in [4.78, 5) is 24.7. The molecule has 84 valence electrons. The number of carbonyl (C=O) groups is 2. The van der Waals surface area contributed by atoms with Gasteiger partial charge in [0.25, 0.3) is 0 Å². The predicted octanol–water partition coefficient (Wildman–Crippen LogP) is 1.58. The van der Waals surface area contributed by atoms with E-state index in [0.29, 0.717) is 18.9 Å². The quantitative estimate of drug-likeness (QED) is 0.611. The Bertz CT molecular complexity index is 305. The molecule has 0 bridgehead atoms. The van der Waals surface area contributed by atoms with Crippen LogP contribution in [0.3, 0.4) is 0 Å². The van der Waals surface area contributed by atoms with Crippen LogP contribution in [0.4, 0.5) is 4.79 Å². The highest BCUT2D eigenvalue weighted by Crippen LogP contribution is 2.37. The Morgan fingerprint density at radius 2 is 2.13 bits per heavy atom. The summed E-state index contributed by atoms with van der Waals surface area (Å²) in [6, 6.07) is -0.181. The largest absolute Gasteiger partial charge is 0.444 e. The van der Waals surface area contributed by atoms with Gasteiger partial charge in [-0.1, -0.05) is 0 Å². The summed E-state index contributed by atoms with van der Waals surface area (Å²) in [5, 5.41) is 0. The first-order valence-corrected chi connectivity index (χ1v) is 5.41. The third-order valence-corrected chi connectivity index (χ3v) is 2.93. The Labute approximate surface area is 89.6 Å². The smallest absolute Gasteiger partial charge is 0.410 e. The number of hydrogen-bond acceptors (Lipinski definition) is 3. The molecular weight excluding hydrogens is 194 g/mol. The van der Waals surface area contributed by atoms with Crippen LogP contribution in [0.2, 0.25) is 0 Å². The molecule has 15 heavy (non-hydrogen) atoms. The Balaban J connectivity index is 1.96. The summed E-state index contributed by atoms with van der Waals surface area (Å²) in [7, 11) is 0. The zero-order valence-corrected chi connectivity index (χ0v) is 9.45. The van der Waals surface area contributed by atoms with Gasteiger partial charge in [0.05, 0.1) is 6.04 Å². The third kappa shape index (κ3) is 1.85. The highest BCUT2D eigenvalue weighted by atomic mass is 16.6. The number of amides is 1. The highest BCUT2D eigenvalue weighted by Gasteiger charge is 2.50. The van der Waals surface area contributed by atoms with Crippen molar-refractivity contribution < 1.29 is 14.3 Å². The van der Waals surface area contributed by atoms with E-state index in [4.69, 9.17) is 4.74 Å². The van der Waals surface area contributed by atoms with E-state index in [0.717, 1.165) is 6.42 Å². The van der Waals surface area contributed by atoms with Crippen molar-refractivity contribution in [1.82, 2.24) is 4.90 Å². The van der Waals surface area contributed by atoms with Gasteiger partial charge in [0.1, 0.15) is 5.60 Å². The Morgan fingerprint density at radius 1 is 1.47 bits per heavy atom. The second kappa shape index (κ2) is 3.22. The summed E-state index contributed by atoms with van der Waals surface area (Å²) in [6.45, 7) is 6.18. The monoisotopic (exact) mass is 211 g/mol. The van der Waals surface area contributed by atoms with Crippen LogP contribution in [0, 0.1) is 5.92 Å². The average Bonchev–Trinajstić information content (AvgIpc) is 2.21. The summed E-state index contributed by atoms with van der Waals surface area (Å²) < 4.78 is 5.23. The summed E-state index contributed by atoms with van der Waals surface area (Å²) >= 11 is 0. The molecule has 2 rings (SSSR count). The minimum atomic E-state index is -0.482. The van der Waals surface area contributed by atoms with E-state index in [1.807, 2.05) is 20.8 Å². The number of fused-ring (bicyclic) bond motifs is 1. The molecule has 2 atom stereocenters. The number of ether oxygens (including phenoxy) is 1. The molecule has 0 aromatic rings. The van der Waals surface area contributed by atoms with Crippen LogP contribution in [0.25, 0.3) is 0 Å². The van der Waals surface area contributed by atoms with Crippen molar-refractivity contribution in [1.29, 1.82) is 0 Å². The summed E-state index contributed by atoms with van der Waals surface area (Å²) in [5.74, 6) is 0.585.